The predicted octanol–water partition coefficient (Wildman–Crippen LogP) is 3.81. The van der Waals surface area contributed by atoms with Crippen molar-refractivity contribution >= 4 is 0 Å². The van der Waals surface area contributed by atoms with E-state index in [2.05, 4.69) is 19.2 Å². The number of rotatable bonds is 6. The molecule has 1 aliphatic carbocycles. The van der Waals surface area contributed by atoms with Gasteiger partial charge in [-0.25, -0.2) is 13.2 Å². The maximum Gasteiger partial charge on any atom is 0.132 e. The minimum Gasteiger partial charge on any atom is -0.313 e. The Hall–Kier alpha value is -1.03. The van der Waals surface area contributed by atoms with Crippen molar-refractivity contribution in [2.45, 2.75) is 45.6 Å². The third-order valence-corrected chi connectivity index (χ3v) is 3.60. The summed E-state index contributed by atoms with van der Waals surface area (Å²) in [4.78, 5) is 0. The largest absolute Gasteiger partial charge is 0.313 e. The van der Waals surface area contributed by atoms with Crippen LogP contribution in [0.5, 0.6) is 0 Å². The second-order valence-corrected chi connectivity index (χ2v) is 6.17. The normalized spacial score (nSPS) is 15.8. The van der Waals surface area contributed by atoms with Crippen molar-refractivity contribution in [2.75, 3.05) is 6.54 Å². The molecule has 1 aromatic rings. The van der Waals surface area contributed by atoms with Crippen molar-refractivity contribution in [1.82, 2.24) is 5.32 Å². The summed E-state index contributed by atoms with van der Waals surface area (Å²) in [7, 11) is 0. The van der Waals surface area contributed by atoms with Gasteiger partial charge < -0.3 is 5.32 Å². The van der Waals surface area contributed by atoms with Crippen molar-refractivity contribution in [3.8, 4) is 0 Å². The van der Waals surface area contributed by atoms with E-state index >= 15 is 0 Å². The van der Waals surface area contributed by atoms with E-state index in [0.717, 1.165) is 18.7 Å². The monoisotopic (exact) mass is 271 g/mol. The Morgan fingerprint density at radius 3 is 2.26 bits per heavy atom. The van der Waals surface area contributed by atoms with Crippen molar-refractivity contribution in [1.29, 1.82) is 0 Å². The first-order chi connectivity index (χ1) is 8.87. The van der Waals surface area contributed by atoms with Gasteiger partial charge in [-0.3, -0.25) is 0 Å². The SMILES string of the molecule is CC(C)(CCc1c(F)cc(F)cc1F)CNC1CC1. The van der Waals surface area contributed by atoms with Crippen molar-refractivity contribution in [3.05, 3.63) is 35.1 Å². The highest BCUT2D eigenvalue weighted by molar-refractivity contribution is 5.21. The molecular weight excluding hydrogens is 251 g/mol. The van der Waals surface area contributed by atoms with Gasteiger partial charge in [-0.1, -0.05) is 13.8 Å². The van der Waals surface area contributed by atoms with Crippen LogP contribution in [0, 0.1) is 22.9 Å². The Kier molecular flexibility index (Phi) is 4.19. The Balaban J connectivity index is 1.93. The summed E-state index contributed by atoms with van der Waals surface area (Å²) in [6.45, 7) is 4.98. The fourth-order valence-electron chi connectivity index (χ4n) is 2.07. The molecular formula is C15H20F3N. The number of benzene rings is 1. The van der Waals surface area contributed by atoms with Crippen LogP contribution < -0.4 is 5.32 Å². The zero-order chi connectivity index (χ0) is 14.0. The van der Waals surface area contributed by atoms with Crippen molar-refractivity contribution < 1.29 is 13.2 Å². The van der Waals surface area contributed by atoms with E-state index in [1.165, 1.54) is 12.8 Å². The highest BCUT2D eigenvalue weighted by Crippen LogP contribution is 2.27. The Labute approximate surface area is 112 Å². The van der Waals surface area contributed by atoms with Gasteiger partial charge in [-0.2, -0.15) is 0 Å². The van der Waals surface area contributed by atoms with Gasteiger partial charge >= 0.3 is 0 Å². The maximum atomic E-state index is 13.5. The van der Waals surface area contributed by atoms with Gasteiger partial charge in [0.15, 0.2) is 0 Å². The number of nitrogens with one attached hydrogen (secondary N) is 1. The topological polar surface area (TPSA) is 12.0 Å². The van der Waals surface area contributed by atoms with E-state index in [1.807, 2.05) is 0 Å². The van der Waals surface area contributed by atoms with Crippen LogP contribution in [0.3, 0.4) is 0 Å². The Morgan fingerprint density at radius 1 is 1.16 bits per heavy atom. The molecule has 1 fully saturated rings. The standard InChI is InChI=1S/C15H20F3N/c1-15(2,9-19-11-3-4-11)6-5-12-13(17)7-10(16)8-14(12)18/h7-8,11,19H,3-6,9H2,1-2H3. The lowest BCUT2D eigenvalue weighted by Gasteiger charge is -2.25. The van der Waals surface area contributed by atoms with Crippen LogP contribution in [0.25, 0.3) is 0 Å². The van der Waals surface area contributed by atoms with E-state index < -0.39 is 17.5 Å². The van der Waals surface area contributed by atoms with E-state index in [4.69, 9.17) is 0 Å². The Bertz CT molecular complexity index is 430. The van der Waals surface area contributed by atoms with E-state index in [-0.39, 0.29) is 17.4 Å². The number of hydrogen-bond donors (Lipinski definition) is 1. The van der Waals surface area contributed by atoms with Gasteiger partial charge in [0.25, 0.3) is 0 Å². The maximum absolute atomic E-state index is 13.5. The molecule has 0 aliphatic heterocycles. The highest BCUT2D eigenvalue weighted by atomic mass is 19.1. The lowest BCUT2D eigenvalue weighted by molar-refractivity contribution is 0.310. The number of halogens is 3. The molecule has 0 atom stereocenters. The van der Waals surface area contributed by atoms with Gasteiger partial charge in [0.05, 0.1) is 0 Å². The first-order valence-electron chi connectivity index (χ1n) is 6.74. The molecule has 1 N–H and O–H groups in total. The van der Waals surface area contributed by atoms with E-state index in [9.17, 15) is 13.2 Å². The second kappa shape index (κ2) is 5.53. The van der Waals surface area contributed by atoms with Gasteiger partial charge in [0.2, 0.25) is 0 Å². The third-order valence-electron chi connectivity index (χ3n) is 3.60. The summed E-state index contributed by atoms with van der Waals surface area (Å²) in [6, 6.07) is 2.11. The zero-order valence-electron chi connectivity index (χ0n) is 11.4. The molecule has 0 radical (unpaired) electrons. The molecule has 0 aromatic heterocycles. The van der Waals surface area contributed by atoms with Crippen LogP contribution in [0.2, 0.25) is 0 Å². The minimum absolute atomic E-state index is 0.0131. The van der Waals surface area contributed by atoms with Gasteiger partial charge in [-0.15, -0.1) is 0 Å². The van der Waals surface area contributed by atoms with Crippen molar-refractivity contribution in [2.24, 2.45) is 5.41 Å². The molecule has 0 spiro atoms. The molecule has 106 valence electrons. The molecule has 1 aliphatic rings. The molecule has 0 heterocycles. The van der Waals surface area contributed by atoms with Gasteiger partial charge in [0.1, 0.15) is 17.5 Å². The summed E-state index contributed by atoms with van der Waals surface area (Å²) >= 11 is 0. The average Bonchev–Trinajstić information content (AvgIpc) is 3.08. The summed E-state index contributed by atoms with van der Waals surface area (Å²) in [5.74, 6) is -2.44. The summed E-state index contributed by atoms with van der Waals surface area (Å²) in [5, 5.41) is 3.42. The molecule has 1 nitrogen and oxygen atoms in total. The fraction of sp³-hybridized carbons (Fsp3) is 0.600. The van der Waals surface area contributed by atoms with E-state index in [1.54, 1.807) is 0 Å². The molecule has 4 heteroatoms. The van der Waals surface area contributed by atoms with E-state index in [0.29, 0.717) is 12.5 Å². The van der Waals surface area contributed by atoms with Crippen molar-refractivity contribution in [3.63, 3.8) is 0 Å². The molecule has 0 saturated heterocycles. The van der Waals surface area contributed by atoms with Crippen LogP contribution in [0.1, 0.15) is 38.7 Å². The van der Waals surface area contributed by atoms with Crippen LogP contribution in [-0.2, 0) is 6.42 Å². The molecule has 2 rings (SSSR count). The minimum atomic E-state index is -0.867. The zero-order valence-corrected chi connectivity index (χ0v) is 11.4. The second-order valence-electron chi connectivity index (χ2n) is 6.17. The first kappa shape index (κ1) is 14.4. The molecule has 0 bridgehead atoms. The van der Waals surface area contributed by atoms with Crippen LogP contribution in [0.15, 0.2) is 12.1 Å². The predicted molar refractivity (Wildman–Crippen MR) is 69.4 cm³/mol. The van der Waals surface area contributed by atoms with Crippen LogP contribution in [0.4, 0.5) is 13.2 Å². The fourth-order valence-corrected chi connectivity index (χ4v) is 2.07. The molecule has 19 heavy (non-hydrogen) atoms. The molecule has 1 saturated carbocycles. The quantitative estimate of drug-likeness (QED) is 0.829. The van der Waals surface area contributed by atoms with Crippen LogP contribution in [-0.4, -0.2) is 12.6 Å². The average molecular weight is 271 g/mol. The van der Waals surface area contributed by atoms with Gasteiger partial charge in [-0.05, 0) is 31.1 Å². The van der Waals surface area contributed by atoms with Crippen LogP contribution >= 0.6 is 0 Å². The third kappa shape index (κ3) is 4.23. The highest BCUT2D eigenvalue weighted by Gasteiger charge is 2.25. The summed E-state index contributed by atoms with van der Waals surface area (Å²) in [6.07, 6.45) is 3.39. The smallest absolute Gasteiger partial charge is 0.132 e. The van der Waals surface area contributed by atoms with Gasteiger partial charge in [0, 0.05) is 30.3 Å². The number of hydrogen-bond acceptors (Lipinski definition) is 1. The summed E-state index contributed by atoms with van der Waals surface area (Å²) in [5.41, 5.74) is -0.0449. The molecule has 0 amide bonds. The first-order valence-corrected chi connectivity index (χ1v) is 6.74. The molecule has 1 aromatic carbocycles. The summed E-state index contributed by atoms with van der Waals surface area (Å²) < 4.78 is 39.8. The Morgan fingerprint density at radius 2 is 1.74 bits per heavy atom. The lowest BCUT2D eigenvalue weighted by Crippen LogP contribution is -2.31. The molecule has 0 unspecified atom stereocenters. The lowest BCUT2D eigenvalue weighted by atomic mass is 9.86.